The van der Waals surface area contributed by atoms with Gasteiger partial charge in [0, 0.05) is 10.2 Å². The average molecular weight is 162 g/mol. The average Bonchev–Trinajstić information content (AvgIpc) is 1.64. The van der Waals surface area contributed by atoms with Gasteiger partial charge in [0.2, 0.25) is 0 Å². The molecule has 0 radical (unpaired) electrons. The maximum Gasteiger partial charge on any atom is 0.0846 e. The number of hydrogen-bond donors (Lipinski definition) is 2. The molecule has 1 unspecified atom stereocenters. The van der Waals surface area contributed by atoms with E-state index >= 15 is 0 Å². The van der Waals surface area contributed by atoms with Crippen molar-refractivity contribution < 1.29 is 10.2 Å². The summed E-state index contributed by atoms with van der Waals surface area (Å²) < 4.78 is 0. The van der Waals surface area contributed by atoms with Crippen LogP contribution in [-0.2, 0) is 0 Å². The van der Waals surface area contributed by atoms with Crippen LogP contribution in [0.25, 0.3) is 0 Å². The van der Waals surface area contributed by atoms with Crippen molar-refractivity contribution >= 4 is 10.2 Å². The van der Waals surface area contributed by atoms with E-state index in [1.807, 2.05) is 5.70 Å². The topological polar surface area (TPSA) is 40.5 Å². The van der Waals surface area contributed by atoms with Gasteiger partial charge in [0.05, 0.1) is 11.7 Å². The zero-order valence-corrected chi connectivity index (χ0v) is 9.26. The second-order valence-electron chi connectivity index (χ2n) is 2.74. The van der Waals surface area contributed by atoms with Crippen LogP contribution in [-0.4, -0.2) is 32.2 Å². The van der Waals surface area contributed by atoms with Gasteiger partial charge in [0.25, 0.3) is 0 Å². The van der Waals surface area contributed by atoms with Crippen molar-refractivity contribution in [2.24, 2.45) is 0 Å². The zero-order chi connectivity index (χ0) is 8.78. The summed E-state index contributed by atoms with van der Waals surface area (Å²) in [5.74, 6) is 0. The normalized spacial score (nSPS) is 13.3. The molecule has 0 bridgehead atoms. The Balaban J connectivity index is 0. The van der Waals surface area contributed by atoms with E-state index in [0.717, 1.165) is 10.2 Å². The van der Waals surface area contributed by atoms with Crippen molar-refractivity contribution in [2.75, 3.05) is 0 Å². The van der Waals surface area contributed by atoms with Gasteiger partial charge in [-0.25, -0.2) is 0 Å². The zero-order valence-electron chi connectivity index (χ0n) is 7.26. The molecule has 62 valence electrons. The van der Waals surface area contributed by atoms with Gasteiger partial charge in [0.1, 0.15) is 0 Å². The number of rotatable bonds is 1. The lowest BCUT2D eigenvalue weighted by molar-refractivity contribution is -0.0375. The number of aliphatic hydroxyl groups is 2. The molecule has 10 heavy (non-hydrogen) atoms. The third kappa shape index (κ3) is 10.8. The summed E-state index contributed by atoms with van der Waals surface area (Å²) in [5.41, 5.74) is 0.944. The Labute approximate surface area is 66.0 Å². The molecule has 0 heterocycles. The standard InChI is InChI=1S/C5H12O2.C2H6Si/c1-4(6)5(2,3)7;1-2-3/h4,6-7H,1-3H3;2H,1H2,3H3. The Hall–Kier alpha value is -0.123. The lowest BCUT2D eigenvalue weighted by Gasteiger charge is -2.19. The van der Waals surface area contributed by atoms with Crippen LogP contribution in [0.2, 0.25) is 0 Å². The highest BCUT2D eigenvalue weighted by molar-refractivity contribution is 6.16. The molecule has 0 aliphatic heterocycles. The fraction of sp³-hybridized carbons (Fsp3) is 0.714. The molecule has 1 atom stereocenters. The molecule has 0 saturated carbocycles. The molecule has 3 heteroatoms. The van der Waals surface area contributed by atoms with Gasteiger partial charge < -0.3 is 10.2 Å². The van der Waals surface area contributed by atoms with Crippen molar-refractivity contribution in [1.82, 2.24) is 0 Å². The van der Waals surface area contributed by atoms with Crippen LogP contribution < -0.4 is 0 Å². The second kappa shape index (κ2) is 5.65. The maximum absolute atomic E-state index is 8.84. The van der Waals surface area contributed by atoms with Crippen LogP contribution in [0.4, 0.5) is 0 Å². The molecule has 2 N–H and O–H groups in total. The quantitative estimate of drug-likeness (QED) is 0.517. The van der Waals surface area contributed by atoms with Crippen LogP contribution in [0, 0.1) is 0 Å². The molecule has 0 fully saturated rings. The third-order valence-corrected chi connectivity index (χ3v) is 1.02. The van der Waals surface area contributed by atoms with Gasteiger partial charge in [-0.15, -0.1) is 12.3 Å². The molecular weight excluding hydrogens is 144 g/mol. The minimum atomic E-state index is -0.944. The van der Waals surface area contributed by atoms with Crippen molar-refractivity contribution in [1.29, 1.82) is 0 Å². The van der Waals surface area contributed by atoms with Crippen LogP contribution in [0.3, 0.4) is 0 Å². The van der Waals surface area contributed by atoms with E-state index in [2.05, 4.69) is 6.58 Å². The van der Waals surface area contributed by atoms with E-state index in [-0.39, 0.29) is 0 Å². The highest BCUT2D eigenvalue weighted by atomic mass is 28.1. The van der Waals surface area contributed by atoms with E-state index in [9.17, 15) is 0 Å². The van der Waals surface area contributed by atoms with Crippen LogP contribution in [0.5, 0.6) is 0 Å². The van der Waals surface area contributed by atoms with Crippen molar-refractivity contribution in [3.05, 3.63) is 12.3 Å². The predicted octanol–water partition coefficient (Wildman–Crippen LogP) is -0.367. The Morgan fingerprint density at radius 3 is 1.70 bits per heavy atom. The van der Waals surface area contributed by atoms with E-state index < -0.39 is 11.7 Å². The van der Waals surface area contributed by atoms with E-state index in [1.165, 1.54) is 0 Å². The summed E-state index contributed by atoms with van der Waals surface area (Å²) >= 11 is 0. The summed E-state index contributed by atoms with van der Waals surface area (Å²) in [6.07, 6.45) is -0.646. The predicted molar refractivity (Wildman–Crippen MR) is 48.1 cm³/mol. The minimum absolute atomic E-state index is 0.646. The van der Waals surface area contributed by atoms with Crippen LogP contribution in [0.15, 0.2) is 12.3 Å². The first-order chi connectivity index (χ1) is 4.36. The van der Waals surface area contributed by atoms with Crippen molar-refractivity contribution in [3.63, 3.8) is 0 Å². The van der Waals surface area contributed by atoms with Gasteiger partial charge in [-0.3, -0.25) is 0 Å². The molecule has 0 aromatic carbocycles. The van der Waals surface area contributed by atoms with Gasteiger partial charge in [-0.2, -0.15) is 0 Å². The van der Waals surface area contributed by atoms with E-state index in [4.69, 9.17) is 10.2 Å². The second-order valence-corrected chi connectivity index (χ2v) is 3.55. The summed E-state index contributed by atoms with van der Waals surface area (Å²) in [4.78, 5) is 0. The van der Waals surface area contributed by atoms with Gasteiger partial charge in [-0.1, -0.05) is 0 Å². The number of hydrogen-bond acceptors (Lipinski definition) is 2. The third-order valence-electron chi connectivity index (χ3n) is 1.02. The van der Waals surface area contributed by atoms with Crippen LogP contribution >= 0.6 is 0 Å². The molecule has 0 rings (SSSR count). The Morgan fingerprint density at radius 1 is 1.60 bits per heavy atom. The van der Waals surface area contributed by atoms with E-state index in [1.54, 1.807) is 20.8 Å². The summed E-state index contributed by atoms with van der Waals surface area (Å²) in [7, 11) is 1.13. The maximum atomic E-state index is 8.84. The van der Waals surface area contributed by atoms with Crippen LogP contribution in [0.1, 0.15) is 20.8 Å². The first kappa shape index (κ1) is 12.5. The fourth-order valence-corrected chi connectivity index (χ4v) is 0. The van der Waals surface area contributed by atoms with Crippen molar-refractivity contribution in [3.8, 4) is 0 Å². The Morgan fingerprint density at radius 2 is 1.70 bits per heavy atom. The lowest BCUT2D eigenvalue weighted by atomic mass is 10.0. The smallest absolute Gasteiger partial charge is 0.0846 e. The number of aliphatic hydroxyl groups excluding tert-OH is 1. The molecule has 0 aromatic rings. The van der Waals surface area contributed by atoms with Crippen molar-refractivity contribution in [2.45, 2.75) is 32.5 Å². The molecular formula is C7H18O2Si. The minimum Gasteiger partial charge on any atom is -0.390 e. The first-order valence-electron chi connectivity index (χ1n) is 3.33. The van der Waals surface area contributed by atoms with E-state index in [0.29, 0.717) is 0 Å². The fourth-order valence-electron chi connectivity index (χ4n) is 0. The van der Waals surface area contributed by atoms with Gasteiger partial charge >= 0.3 is 0 Å². The Kier molecular flexibility index (Phi) is 7.08. The molecule has 0 aliphatic rings. The SMILES string of the molecule is C=C[SiH3].CC(O)C(C)(C)O. The van der Waals surface area contributed by atoms with Gasteiger partial charge in [0.15, 0.2) is 0 Å². The molecule has 0 saturated heterocycles. The highest BCUT2D eigenvalue weighted by Gasteiger charge is 2.18. The van der Waals surface area contributed by atoms with Gasteiger partial charge in [-0.05, 0) is 20.8 Å². The molecule has 0 amide bonds. The monoisotopic (exact) mass is 162 g/mol. The highest BCUT2D eigenvalue weighted by Crippen LogP contribution is 2.05. The Bertz CT molecular complexity index is 84.1. The summed E-state index contributed by atoms with van der Waals surface area (Å²) in [6, 6.07) is 0. The molecule has 0 spiro atoms. The lowest BCUT2D eigenvalue weighted by Crippen LogP contribution is -2.32. The largest absolute Gasteiger partial charge is 0.390 e. The summed E-state index contributed by atoms with van der Waals surface area (Å²) in [6.45, 7) is 8.11. The molecule has 0 aliphatic carbocycles. The molecule has 2 nitrogen and oxygen atoms in total. The molecule has 0 aromatic heterocycles. The summed E-state index contributed by atoms with van der Waals surface area (Å²) in [5, 5.41) is 17.5. The first-order valence-corrected chi connectivity index (χ1v) is 4.49.